The normalized spacial score (nSPS) is 19.9. The summed E-state index contributed by atoms with van der Waals surface area (Å²) in [5, 5.41) is 0. The lowest BCUT2D eigenvalue weighted by Gasteiger charge is -2.48. The number of oxazole rings is 1. The Labute approximate surface area is 154 Å². The second-order valence-electron chi connectivity index (χ2n) is 7.66. The smallest absolute Gasteiger partial charge is 0.208 e. The van der Waals surface area contributed by atoms with Gasteiger partial charge in [0, 0.05) is 56.9 Å². The average Bonchev–Trinajstić information content (AvgIpc) is 3.08. The molecule has 0 radical (unpaired) electrons. The molecule has 2 aliphatic rings. The Morgan fingerprint density at radius 1 is 1.12 bits per heavy atom. The van der Waals surface area contributed by atoms with Crippen LogP contribution in [0.5, 0.6) is 0 Å². The standard InChI is InChI=1S/C20H27FN4O/c1-15(2)19-11-22-20(26-19)14-23-12-18(13-23)25-9-7-24(8-10-25)17-5-3-16(21)4-6-17/h3-6,11,15,18H,7-10,12-14H2,1-2H3. The van der Waals surface area contributed by atoms with Gasteiger partial charge in [-0.3, -0.25) is 9.80 Å². The van der Waals surface area contributed by atoms with Gasteiger partial charge in [-0.05, 0) is 24.3 Å². The average molecular weight is 358 g/mol. The van der Waals surface area contributed by atoms with Gasteiger partial charge in [-0.1, -0.05) is 13.8 Å². The topological polar surface area (TPSA) is 35.8 Å². The predicted molar refractivity (Wildman–Crippen MR) is 99.8 cm³/mol. The van der Waals surface area contributed by atoms with Crippen molar-refractivity contribution in [2.24, 2.45) is 0 Å². The molecule has 140 valence electrons. The van der Waals surface area contributed by atoms with Gasteiger partial charge in [0.25, 0.3) is 0 Å². The van der Waals surface area contributed by atoms with E-state index in [0.29, 0.717) is 12.0 Å². The first-order chi connectivity index (χ1) is 12.6. The van der Waals surface area contributed by atoms with Gasteiger partial charge in [0.15, 0.2) is 0 Å². The van der Waals surface area contributed by atoms with Crippen LogP contribution in [0.15, 0.2) is 34.9 Å². The van der Waals surface area contributed by atoms with Crippen molar-refractivity contribution >= 4 is 5.69 Å². The van der Waals surface area contributed by atoms with E-state index in [9.17, 15) is 4.39 Å². The summed E-state index contributed by atoms with van der Waals surface area (Å²) in [6.45, 7) is 11.3. The Bertz CT molecular complexity index is 716. The van der Waals surface area contributed by atoms with Gasteiger partial charge in [-0.25, -0.2) is 9.37 Å². The first-order valence-electron chi connectivity index (χ1n) is 9.50. The van der Waals surface area contributed by atoms with Crippen molar-refractivity contribution in [1.82, 2.24) is 14.8 Å². The molecule has 2 fully saturated rings. The van der Waals surface area contributed by atoms with Crippen LogP contribution < -0.4 is 4.90 Å². The van der Waals surface area contributed by atoms with E-state index < -0.39 is 0 Å². The Hall–Kier alpha value is -1.92. The highest BCUT2D eigenvalue weighted by Gasteiger charge is 2.34. The molecule has 1 aromatic heterocycles. The third kappa shape index (κ3) is 3.76. The quantitative estimate of drug-likeness (QED) is 0.821. The zero-order valence-electron chi connectivity index (χ0n) is 15.6. The Morgan fingerprint density at radius 2 is 1.81 bits per heavy atom. The molecule has 5 nitrogen and oxygen atoms in total. The summed E-state index contributed by atoms with van der Waals surface area (Å²) in [4.78, 5) is 11.7. The number of anilines is 1. The summed E-state index contributed by atoms with van der Waals surface area (Å²) in [7, 11) is 0. The SMILES string of the molecule is CC(C)c1cnc(CN2CC(N3CCN(c4ccc(F)cc4)CC3)C2)o1. The predicted octanol–water partition coefficient (Wildman–Crippen LogP) is 2.94. The second-order valence-corrected chi connectivity index (χ2v) is 7.66. The number of likely N-dealkylation sites (tertiary alicyclic amines) is 1. The van der Waals surface area contributed by atoms with E-state index in [1.54, 1.807) is 12.1 Å². The van der Waals surface area contributed by atoms with E-state index in [1.165, 1.54) is 0 Å². The number of halogens is 1. The number of rotatable bonds is 5. The lowest BCUT2D eigenvalue weighted by atomic mass is 10.1. The number of nitrogens with zero attached hydrogens (tertiary/aromatic N) is 4. The number of aromatic nitrogens is 1. The Kier molecular flexibility index (Phi) is 4.96. The third-order valence-electron chi connectivity index (χ3n) is 5.46. The van der Waals surface area contributed by atoms with Gasteiger partial charge < -0.3 is 9.32 Å². The largest absolute Gasteiger partial charge is 0.444 e. The summed E-state index contributed by atoms with van der Waals surface area (Å²) in [5.74, 6) is 2.01. The van der Waals surface area contributed by atoms with Crippen molar-refractivity contribution in [3.8, 4) is 0 Å². The molecular formula is C20H27FN4O. The number of benzene rings is 1. The zero-order valence-corrected chi connectivity index (χ0v) is 15.6. The molecule has 0 spiro atoms. The second kappa shape index (κ2) is 7.37. The van der Waals surface area contributed by atoms with E-state index in [2.05, 4.69) is 33.5 Å². The lowest BCUT2D eigenvalue weighted by Crippen LogP contribution is -2.62. The van der Waals surface area contributed by atoms with Gasteiger partial charge in [0.2, 0.25) is 5.89 Å². The fourth-order valence-corrected chi connectivity index (χ4v) is 3.76. The maximum Gasteiger partial charge on any atom is 0.208 e. The molecule has 2 aromatic rings. The van der Waals surface area contributed by atoms with Gasteiger partial charge in [-0.15, -0.1) is 0 Å². The molecule has 1 aromatic carbocycles. The monoisotopic (exact) mass is 358 g/mol. The minimum atomic E-state index is -0.173. The highest BCUT2D eigenvalue weighted by atomic mass is 19.1. The van der Waals surface area contributed by atoms with Gasteiger partial charge in [0.1, 0.15) is 11.6 Å². The van der Waals surface area contributed by atoms with Crippen LogP contribution >= 0.6 is 0 Å². The molecule has 0 amide bonds. The van der Waals surface area contributed by atoms with E-state index in [1.807, 2.05) is 18.3 Å². The van der Waals surface area contributed by atoms with Crippen LogP contribution in [0.25, 0.3) is 0 Å². The third-order valence-corrected chi connectivity index (χ3v) is 5.46. The summed E-state index contributed by atoms with van der Waals surface area (Å²) in [6, 6.07) is 7.46. The summed E-state index contributed by atoms with van der Waals surface area (Å²) < 4.78 is 18.9. The first-order valence-corrected chi connectivity index (χ1v) is 9.50. The van der Waals surface area contributed by atoms with Crippen molar-refractivity contribution < 1.29 is 8.81 Å². The molecule has 0 unspecified atom stereocenters. The molecule has 26 heavy (non-hydrogen) atoms. The molecule has 2 saturated heterocycles. The van der Waals surface area contributed by atoms with Crippen LogP contribution in [-0.4, -0.2) is 60.1 Å². The Morgan fingerprint density at radius 3 is 2.42 bits per heavy atom. The maximum atomic E-state index is 13.1. The van der Waals surface area contributed by atoms with Crippen molar-refractivity contribution in [2.45, 2.75) is 32.4 Å². The number of piperazine rings is 1. The van der Waals surface area contributed by atoms with Crippen LogP contribution in [0.3, 0.4) is 0 Å². The summed E-state index contributed by atoms with van der Waals surface area (Å²) >= 11 is 0. The first kappa shape index (κ1) is 17.5. The fraction of sp³-hybridized carbons (Fsp3) is 0.550. The molecule has 0 N–H and O–H groups in total. The number of hydrogen-bond donors (Lipinski definition) is 0. The van der Waals surface area contributed by atoms with E-state index in [-0.39, 0.29) is 5.82 Å². The van der Waals surface area contributed by atoms with Gasteiger partial charge in [0.05, 0.1) is 12.7 Å². The summed E-state index contributed by atoms with van der Waals surface area (Å²) in [6.07, 6.45) is 1.85. The lowest BCUT2D eigenvalue weighted by molar-refractivity contribution is 0.0205. The Balaban J connectivity index is 1.22. The molecule has 6 heteroatoms. The highest BCUT2D eigenvalue weighted by molar-refractivity contribution is 5.46. The molecule has 0 saturated carbocycles. The van der Waals surface area contributed by atoms with E-state index in [4.69, 9.17) is 4.42 Å². The van der Waals surface area contributed by atoms with Crippen LogP contribution in [0.1, 0.15) is 31.4 Å². The van der Waals surface area contributed by atoms with E-state index >= 15 is 0 Å². The van der Waals surface area contributed by atoms with Crippen molar-refractivity contribution in [3.05, 3.63) is 47.9 Å². The molecule has 0 bridgehead atoms. The number of hydrogen-bond acceptors (Lipinski definition) is 5. The summed E-state index contributed by atoms with van der Waals surface area (Å²) in [5.41, 5.74) is 1.12. The van der Waals surface area contributed by atoms with Gasteiger partial charge >= 0.3 is 0 Å². The van der Waals surface area contributed by atoms with Crippen molar-refractivity contribution in [2.75, 3.05) is 44.2 Å². The minimum Gasteiger partial charge on any atom is -0.444 e. The fourth-order valence-electron chi connectivity index (χ4n) is 3.76. The molecule has 2 aliphatic heterocycles. The zero-order chi connectivity index (χ0) is 18.1. The molecule has 4 rings (SSSR count). The van der Waals surface area contributed by atoms with Crippen molar-refractivity contribution in [1.29, 1.82) is 0 Å². The van der Waals surface area contributed by atoms with Crippen molar-refractivity contribution in [3.63, 3.8) is 0 Å². The molecular weight excluding hydrogens is 331 g/mol. The van der Waals surface area contributed by atoms with Crippen LogP contribution in [0.4, 0.5) is 10.1 Å². The maximum absolute atomic E-state index is 13.1. The van der Waals surface area contributed by atoms with Crippen LogP contribution in [-0.2, 0) is 6.54 Å². The minimum absolute atomic E-state index is 0.173. The molecule has 3 heterocycles. The van der Waals surface area contributed by atoms with Crippen LogP contribution in [0, 0.1) is 5.82 Å². The van der Waals surface area contributed by atoms with Crippen LogP contribution in [0.2, 0.25) is 0 Å². The molecule has 0 aliphatic carbocycles. The van der Waals surface area contributed by atoms with Gasteiger partial charge in [-0.2, -0.15) is 0 Å². The molecule has 0 atom stereocenters. The van der Waals surface area contributed by atoms with E-state index in [0.717, 1.165) is 63.2 Å². The highest BCUT2D eigenvalue weighted by Crippen LogP contribution is 2.23.